The Morgan fingerprint density at radius 1 is 1.32 bits per heavy atom. The molecule has 0 saturated heterocycles. The molecule has 0 aliphatic rings. The molecule has 2 unspecified atom stereocenters. The van der Waals surface area contributed by atoms with Gasteiger partial charge in [0.1, 0.15) is 5.75 Å². The predicted molar refractivity (Wildman–Crippen MR) is 87.2 cm³/mol. The van der Waals surface area contributed by atoms with E-state index in [4.69, 9.17) is 10.5 Å². The van der Waals surface area contributed by atoms with Crippen LogP contribution in [0.1, 0.15) is 13.8 Å². The van der Waals surface area contributed by atoms with Gasteiger partial charge in [-0.1, -0.05) is 13.0 Å². The molecule has 0 fully saturated rings. The van der Waals surface area contributed by atoms with Crippen LogP contribution in [0, 0.1) is 5.92 Å². The van der Waals surface area contributed by atoms with Crippen molar-refractivity contribution in [1.29, 1.82) is 0 Å². The number of benzene rings is 1. The van der Waals surface area contributed by atoms with Gasteiger partial charge in [0.2, 0.25) is 11.8 Å². The standard InChI is InChI=1S/C15H18N4O2.ClH/c1-10(11(2)16)15(20)19-12-4-3-5-13(8-12)21-14-9-17-6-7-18-14;/h3-11H,16H2,1-2H3,(H,19,20);1H. The maximum Gasteiger partial charge on any atom is 0.237 e. The molecule has 2 aromatic rings. The van der Waals surface area contributed by atoms with Gasteiger partial charge in [0.25, 0.3) is 0 Å². The number of nitrogens with zero attached hydrogens (tertiary/aromatic N) is 2. The summed E-state index contributed by atoms with van der Waals surface area (Å²) in [6.07, 6.45) is 4.63. The van der Waals surface area contributed by atoms with E-state index in [2.05, 4.69) is 15.3 Å². The number of aromatic nitrogens is 2. The highest BCUT2D eigenvalue weighted by Crippen LogP contribution is 2.22. The number of hydrogen-bond donors (Lipinski definition) is 2. The predicted octanol–water partition coefficient (Wildman–Crippen LogP) is 2.61. The molecule has 6 nitrogen and oxygen atoms in total. The SMILES string of the molecule is CC(N)C(C)C(=O)Nc1cccc(Oc2cnccn2)c1.Cl. The molecule has 3 N–H and O–H groups in total. The molecule has 0 aliphatic carbocycles. The second kappa shape index (κ2) is 8.31. The second-order valence-corrected chi connectivity index (χ2v) is 4.81. The molecule has 1 amide bonds. The van der Waals surface area contributed by atoms with Crippen LogP contribution in [0.25, 0.3) is 0 Å². The number of anilines is 1. The fourth-order valence-corrected chi connectivity index (χ4v) is 1.59. The molecule has 118 valence electrons. The minimum Gasteiger partial charge on any atom is -0.437 e. The number of nitrogens with two attached hydrogens (primary N) is 1. The topological polar surface area (TPSA) is 90.1 Å². The number of halogens is 1. The quantitative estimate of drug-likeness (QED) is 0.883. The van der Waals surface area contributed by atoms with Crippen molar-refractivity contribution in [3.63, 3.8) is 0 Å². The van der Waals surface area contributed by atoms with Crippen LogP contribution in [0.5, 0.6) is 11.6 Å². The van der Waals surface area contributed by atoms with Gasteiger partial charge < -0.3 is 15.8 Å². The molecule has 7 heteroatoms. The Balaban J connectivity index is 0.00000242. The fourth-order valence-electron chi connectivity index (χ4n) is 1.59. The van der Waals surface area contributed by atoms with Crippen molar-refractivity contribution in [3.05, 3.63) is 42.9 Å². The van der Waals surface area contributed by atoms with E-state index < -0.39 is 0 Å². The highest BCUT2D eigenvalue weighted by Gasteiger charge is 2.17. The molecule has 0 spiro atoms. The van der Waals surface area contributed by atoms with Gasteiger partial charge in [0, 0.05) is 30.2 Å². The van der Waals surface area contributed by atoms with E-state index >= 15 is 0 Å². The number of nitrogens with one attached hydrogen (secondary N) is 1. The molecule has 0 saturated carbocycles. The summed E-state index contributed by atoms with van der Waals surface area (Å²) in [6.45, 7) is 3.60. The third-order valence-corrected chi connectivity index (χ3v) is 3.07. The lowest BCUT2D eigenvalue weighted by Gasteiger charge is -2.15. The third kappa shape index (κ3) is 4.98. The smallest absolute Gasteiger partial charge is 0.237 e. The molecule has 1 aromatic carbocycles. The normalized spacial score (nSPS) is 12.7. The van der Waals surface area contributed by atoms with Crippen molar-refractivity contribution < 1.29 is 9.53 Å². The van der Waals surface area contributed by atoms with E-state index in [0.29, 0.717) is 17.3 Å². The van der Waals surface area contributed by atoms with Crippen LogP contribution in [0.4, 0.5) is 5.69 Å². The lowest BCUT2D eigenvalue weighted by atomic mass is 10.0. The summed E-state index contributed by atoms with van der Waals surface area (Å²) < 4.78 is 5.56. The highest BCUT2D eigenvalue weighted by atomic mass is 35.5. The Kier molecular flexibility index (Phi) is 6.75. The van der Waals surface area contributed by atoms with Gasteiger partial charge in [0.15, 0.2) is 0 Å². The first-order chi connectivity index (χ1) is 10.1. The van der Waals surface area contributed by atoms with E-state index in [1.54, 1.807) is 50.5 Å². The van der Waals surface area contributed by atoms with E-state index in [1.165, 1.54) is 6.20 Å². The van der Waals surface area contributed by atoms with Gasteiger partial charge in [-0.3, -0.25) is 9.78 Å². The molecule has 1 aromatic heterocycles. The first-order valence-corrected chi connectivity index (χ1v) is 6.66. The van der Waals surface area contributed by atoms with Gasteiger partial charge in [-0.05, 0) is 19.1 Å². The highest BCUT2D eigenvalue weighted by molar-refractivity contribution is 5.92. The summed E-state index contributed by atoms with van der Waals surface area (Å²) in [6, 6.07) is 6.87. The summed E-state index contributed by atoms with van der Waals surface area (Å²) in [5, 5.41) is 2.81. The van der Waals surface area contributed by atoms with E-state index in [1.807, 2.05) is 0 Å². The first-order valence-electron chi connectivity index (χ1n) is 6.66. The lowest BCUT2D eigenvalue weighted by molar-refractivity contribution is -0.119. The third-order valence-electron chi connectivity index (χ3n) is 3.07. The number of rotatable bonds is 5. The summed E-state index contributed by atoms with van der Waals surface area (Å²) >= 11 is 0. The first kappa shape index (κ1) is 17.9. The Bertz CT molecular complexity index is 608. The van der Waals surface area contributed by atoms with Crippen molar-refractivity contribution >= 4 is 24.0 Å². The van der Waals surface area contributed by atoms with Crippen LogP contribution >= 0.6 is 12.4 Å². The zero-order valence-electron chi connectivity index (χ0n) is 12.4. The van der Waals surface area contributed by atoms with Crippen molar-refractivity contribution in [2.75, 3.05) is 5.32 Å². The van der Waals surface area contributed by atoms with Gasteiger partial charge in [-0.15, -0.1) is 12.4 Å². The van der Waals surface area contributed by atoms with Gasteiger partial charge >= 0.3 is 0 Å². The molecule has 2 rings (SSSR count). The van der Waals surface area contributed by atoms with Crippen LogP contribution in [0.3, 0.4) is 0 Å². The maximum absolute atomic E-state index is 12.0. The van der Waals surface area contributed by atoms with Gasteiger partial charge in [-0.25, -0.2) is 4.98 Å². The summed E-state index contributed by atoms with van der Waals surface area (Å²) in [5.41, 5.74) is 6.37. The monoisotopic (exact) mass is 322 g/mol. The van der Waals surface area contributed by atoms with Crippen molar-refractivity contribution in [1.82, 2.24) is 9.97 Å². The fraction of sp³-hybridized carbons (Fsp3) is 0.267. The van der Waals surface area contributed by atoms with Crippen molar-refractivity contribution in [3.8, 4) is 11.6 Å². The molecule has 22 heavy (non-hydrogen) atoms. The summed E-state index contributed by atoms with van der Waals surface area (Å²) in [4.78, 5) is 19.9. The molecule has 0 radical (unpaired) electrons. The van der Waals surface area contributed by atoms with Crippen LogP contribution in [-0.4, -0.2) is 21.9 Å². The molecule has 0 bridgehead atoms. The average molecular weight is 323 g/mol. The Morgan fingerprint density at radius 3 is 2.73 bits per heavy atom. The van der Waals surface area contributed by atoms with Gasteiger partial charge in [-0.2, -0.15) is 0 Å². The van der Waals surface area contributed by atoms with Gasteiger partial charge in [0.05, 0.1) is 12.1 Å². The van der Waals surface area contributed by atoms with E-state index in [9.17, 15) is 4.79 Å². The molecular weight excluding hydrogens is 304 g/mol. The van der Waals surface area contributed by atoms with Crippen LogP contribution < -0.4 is 15.8 Å². The second-order valence-electron chi connectivity index (χ2n) is 4.81. The largest absolute Gasteiger partial charge is 0.437 e. The minimum atomic E-state index is -0.269. The van der Waals surface area contributed by atoms with Crippen molar-refractivity contribution in [2.45, 2.75) is 19.9 Å². The zero-order chi connectivity index (χ0) is 15.2. The number of carbonyl (C=O) groups is 1. The Labute approximate surface area is 135 Å². The van der Waals surface area contributed by atoms with E-state index in [0.717, 1.165) is 0 Å². The summed E-state index contributed by atoms with van der Waals surface area (Å²) in [7, 11) is 0. The Morgan fingerprint density at radius 2 is 2.09 bits per heavy atom. The van der Waals surface area contributed by atoms with Crippen LogP contribution in [0.2, 0.25) is 0 Å². The number of hydrogen-bond acceptors (Lipinski definition) is 5. The lowest BCUT2D eigenvalue weighted by Crippen LogP contribution is -2.34. The van der Waals surface area contributed by atoms with Crippen LogP contribution in [0.15, 0.2) is 42.9 Å². The molecular formula is C15H19ClN4O2. The van der Waals surface area contributed by atoms with E-state index in [-0.39, 0.29) is 30.3 Å². The summed E-state index contributed by atoms with van der Waals surface area (Å²) in [5.74, 6) is 0.572. The zero-order valence-corrected chi connectivity index (χ0v) is 13.2. The molecule has 0 aliphatic heterocycles. The number of ether oxygens (including phenoxy) is 1. The van der Waals surface area contributed by atoms with Crippen LogP contribution in [-0.2, 0) is 4.79 Å². The van der Waals surface area contributed by atoms with Crippen molar-refractivity contribution in [2.24, 2.45) is 11.7 Å². The number of carbonyl (C=O) groups excluding carboxylic acids is 1. The molecule has 2 atom stereocenters. The minimum absolute atomic E-state index is 0. The molecule has 1 heterocycles. The average Bonchev–Trinajstić information content (AvgIpc) is 2.47. The Hall–Kier alpha value is -2.18. The maximum atomic E-state index is 12.0. The number of amides is 1.